The van der Waals surface area contributed by atoms with Crippen molar-refractivity contribution in [2.24, 2.45) is 0 Å². The summed E-state index contributed by atoms with van der Waals surface area (Å²) in [5, 5.41) is 13.6. The van der Waals surface area contributed by atoms with Gasteiger partial charge in [0.2, 0.25) is 5.91 Å². The molecular weight excluding hydrogens is 467 g/mol. The van der Waals surface area contributed by atoms with Crippen LogP contribution in [-0.2, 0) is 21.0 Å². The Bertz CT molecular complexity index is 1170. The average Bonchev–Trinajstić information content (AvgIpc) is 2.72. The van der Waals surface area contributed by atoms with Crippen LogP contribution in [0.15, 0.2) is 47.4 Å². The summed E-state index contributed by atoms with van der Waals surface area (Å²) in [4.78, 5) is 22.4. The topological polar surface area (TPSA) is 125 Å². The summed E-state index contributed by atoms with van der Waals surface area (Å²) in [7, 11) is -4.54. The van der Waals surface area contributed by atoms with Crippen molar-refractivity contribution in [1.29, 1.82) is 0 Å². The van der Waals surface area contributed by atoms with E-state index in [-0.39, 0.29) is 30.1 Å². The number of fused-ring (bicyclic) bond motifs is 1. The molecule has 0 aliphatic carbocycles. The highest BCUT2D eigenvalue weighted by molar-refractivity contribution is 7.92. The predicted molar refractivity (Wildman–Crippen MR) is 112 cm³/mol. The number of carbonyl (C=O) groups is 2. The Morgan fingerprint density at radius 2 is 1.94 bits per heavy atom. The fourth-order valence-electron chi connectivity index (χ4n) is 3.28. The van der Waals surface area contributed by atoms with Gasteiger partial charge in [0.05, 0.1) is 29.1 Å². The SMILES string of the molecule is CCNC(=O)CC1CN(S(=O)(=O)c2cccc(C(F)(F)F)c2)c2cc(NC(=O)O)ccc2O1. The molecule has 1 atom stereocenters. The minimum absolute atomic E-state index is 0.0243. The highest BCUT2D eigenvalue weighted by Gasteiger charge is 2.37. The monoisotopic (exact) mass is 487 g/mol. The van der Waals surface area contributed by atoms with Crippen LogP contribution in [0.4, 0.5) is 29.3 Å². The van der Waals surface area contributed by atoms with Gasteiger partial charge in [0.25, 0.3) is 10.0 Å². The molecule has 3 N–H and O–H groups in total. The summed E-state index contributed by atoms with van der Waals surface area (Å²) in [6, 6.07) is 7.11. The Hall–Kier alpha value is -3.48. The number of hydrogen-bond donors (Lipinski definition) is 3. The van der Waals surface area contributed by atoms with Gasteiger partial charge >= 0.3 is 12.3 Å². The van der Waals surface area contributed by atoms with Gasteiger partial charge in [-0.1, -0.05) is 6.07 Å². The zero-order valence-corrected chi connectivity index (χ0v) is 18.0. The van der Waals surface area contributed by atoms with Crippen LogP contribution in [0.2, 0.25) is 0 Å². The summed E-state index contributed by atoms with van der Waals surface area (Å²) in [5.74, 6) is -0.367. The highest BCUT2D eigenvalue weighted by atomic mass is 32.2. The van der Waals surface area contributed by atoms with Crippen LogP contribution in [0.3, 0.4) is 0 Å². The number of rotatable bonds is 6. The maximum Gasteiger partial charge on any atom is 0.416 e. The van der Waals surface area contributed by atoms with E-state index in [2.05, 4.69) is 10.6 Å². The molecule has 33 heavy (non-hydrogen) atoms. The number of sulfonamides is 1. The molecule has 0 saturated heterocycles. The molecule has 3 rings (SSSR count). The maximum atomic E-state index is 13.4. The van der Waals surface area contributed by atoms with Gasteiger partial charge in [0.15, 0.2) is 0 Å². The molecule has 1 heterocycles. The molecule has 0 bridgehead atoms. The van der Waals surface area contributed by atoms with E-state index < -0.39 is 44.8 Å². The third-order valence-corrected chi connectivity index (χ3v) is 6.45. The van der Waals surface area contributed by atoms with E-state index in [1.165, 1.54) is 18.2 Å². The second-order valence-electron chi connectivity index (χ2n) is 7.07. The minimum Gasteiger partial charge on any atom is -0.486 e. The Labute approximate surface area is 187 Å². The third kappa shape index (κ3) is 5.48. The summed E-state index contributed by atoms with van der Waals surface area (Å²) in [6.45, 7) is 1.67. The number of alkyl halides is 3. The number of amides is 2. The fraction of sp³-hybridized carbons (Fsp3) is 0.300. The van der Waals surface area contributed by atoms with E-state index in [1.54, 1.807) is 6.92 Å². The van der Waals surface area contributed by atoms with Crippen molar-refractivity contribution in [3.05, 3.63) is 48.0 Å². The normalized spacial score (nSPS) is 15.9. The molecule has 0 spiro atoms. The quantitative estimate of drug-likeness (QED) is 0.574. The van der Waals surface area contributed by atoms with Crippen molar-refractivity contribution >= 4 is 33.4 Å². The molecule has 2 aromatic carbocycles. The standard InChI is InChI=1S/C20H20F3N3O6S/c1-2-24-18(27)10-14-11-26(16-9-13(25-19(28)29)6-7-17(16)32-14)33(30,31)15-5-3-4-12(8-15)20(21,22)23/h3-9,14,25H,2,10-11H2,1H3,(H,24,27)(H,28,29). The predicted octanol–water partition coefficient (Wildman–Crippen LogP) is 3.28. The molecule has 1 unspecified atom stereocenters. The lowest BCUT2D eigenvalue weighted by atomic mass is 10.1. The Morgan fingerprint density at radius 1 is 1.21 bits per heavy atom. The molecule has 0 radical (unpaired) electrons. The molecule has 9 nitrogen and oxygen atoms in total. The van der Waals surface area contributed by atoms with E-state index in [1.807, 2.05) is 0 Å². The number of nitrogens with one attached hydrogen (secondary N) is 2. The average molecular weight is 487 g/mol. The number of benzene rings is 2. The molecule has 178 valence electrons. The summed E-state index contributed by atoms with van der Waals surface area (Å²) in [6.07, 6.45) is -7.28. The molecule has 1 aliphatic heterocycles. The lowest BCUT2D eigenvalue weighted by Gasteiger charge is -2.35. The molecule has 2 aromatic rings. The van der Waals surface area contributed by atoms with Crippen molar-refractivity contribution in [1.82, 2.24) is 5.32 Å². The number of carboxylic acid groups (broad SMARTS) is 1. The second-order valence-corrected chi connectivity index (χ2v) is 8.93. The number of ether oxygens (including phenoxy) is 1. The molecule has 2 amide bonds. The largest absolute Gasteiger partial charge is 0.486 e. The van der Waals surface area contributed by atoms with Crippen molar-refractivity contribution in [3.8, 4) is 5.75 Å². The van der Waals surface area contributed by atoms with Gasteiger partial charge in [-0.25, -0.2) is 13.2 Å². The zero-order valence-electron chi connectivity index (χ0n) is 17.2. The summed E-state index contributed by atoms with van der Waals surface area (Å²) < 4.78 is 72.8. The first-order valence-corrected chi connectivity index (χ1v) is 11.1. The van der Waals surface area contributed by atoms with E-state index >= 15 is 0 Å². The molecule has 13 heteroatoms. The second kappa shape index (κ2) is 9.17. The highest BCUT2D eigenvalue weighted by Crippen LogP contribution is 2.40. The first-order valence-electron chi connectivity index (χ1n) is 9.69. The van der Waals surface area contributed by atoms with Crippen LogP contribution in [0, 0.1) is 0 Å². The maximum absolute atomic E-state index is 13.4. The number of carbonyl (C=O) groups excluding carboxylic acids is 1. The van der Waals surface area contributed by atoms with Gasteiger partial charge in [-0.05, 0) is 43.3 Å². The van der Waals surface area contributed by atoms with Crippen LogP contribution in [0.25, 0.3) is 0 Å². The van der Waals surface area contributed by atoms with Gasteiger partial charge in [-0.3, -0.25) is 14.4 Å². The molecule has 0 saturated carbocycles. The Morgan fingerprint density at radius 3 is 2.58 bits per heavy atom. The van der Waals surface area contributed by atoms with Crippen LogP contribution in [0.5, 0.6) is 5.75 Å². The van der Waals surface area contributed by atoms with Crippen LogP contribution < -0.4 is 19.7 Å². The third-order valence-electron chi connectivity index (χ3n) is 4.68. The first-order chi connectivity index (χ1) is 15.4. The molecule has 1 aliphatic rings. The van der Waals surface area contributed by atoms with Gasteiger partial charge in [0, 0.05) is 12.2 Å². The first kappa shape index (κ1) is 24.2. The summed E-state index contributed by atoms with van der Waals surface area (Å²) in [5.41, 5.74) is -1.20. The van der Waals surface area contributed by atoms with Gasteiger partial charge < -0.3 is 15.2 Å². The van der Waals surface area contributed by atoms with E-state index in [4.69, 9.17) is 9.84 Å². The Kier molecular flexibility index (Phi) is 6.72. The lowest BCUT2D eigenvalue weighted by Crippen LogP contribution is -2.45. The number of halogens is 3. The molecule has 0 fully saturated rings. The van der Waals surface area contributed by atoms with Crippen molar-refractivity contribution < 1.29 is 41.0 Å². The van der Waals surface area contributed by atoms with Crippen molar-refractivity contribution in [2.45, 2.75) is 30.5 Å². The fourth-order valence-corrected chi connectivity index (χ4v) is 4.83. The van der Waals surface area contributed by atoms with Crippen LogP contribution in [-0.4, -0.2) is 44.7 Å². The van der Waals surface area contributed by atoms with E-state index in [0.29, 0.717) is 12.6 Å². The smallest absolute Gasteiger partial charge is 0.416 e. The molecular formula is C20H20F3N3O6S. The van der Waals surface area contributed by atoms with Crippen LogP contribution in [0.1, 0.15) is 18.9 Å². The van der Waals surface area contributed by atoms with Gasteiger partial charge in [-0.15, -0.1) is 0 Å². The van der Waals surface area contributed by atoms with Gasteiger partial charge in [-0.2, -0.15) is 13.2 Å². The Balaban J connectivity index is 2.07. The minimum atomic E-state index is -4.76. The summed E-state index contributed by atoms with van der Waals surface area (Å²) >= 11 is 0. The number of anilines is 2. The van der Waals surface area contributed by atoms with E-state index in [0.717, 1.165) is 22.5 Å². The van der Waals surface area contributed by atoms with Crippen molar-refractivity contribution in [2.75, 3.05) is 22.7 Å². The molecule has 0 aromatic heterocycles. The van der Waals surface area contributed by atoms with Crippen molar-refractivity contribution in [3.63, 3.8) is 0 Å². The van der Waals surface area contributed by atoms with E-state index in [9.17, 15) is 31.2 Å². The number of nitrogens with zero attached hydrogens (tertiary/aromatic N) is 1. The van der Waals surface area contributed by atoms with Crippen LogP contribution >= 0.6 is 0 Å². The zero-order chi connectivity index (χ0) is 24.4. The lowest BCUT2D eigenvalue weighted by molar-refractivity contribution is -0.137. The van der Waals surface area contributed by atoms with Gasteiger partial charge in [0.1, 0.15) is 11.9 Å². The number of hydrogen-bond acceptors (Lipinski definition) is 5.